The highest BCUT2D eigenvalue weighted by Crippen LogP contribution is 2.27. The minimum atomic E-state index is -3.84. The van der Waals surface area contributed by atoms with Crippen LogP contribution >= 0.6 is 15.9 Å². The molecule has 0 saturated heterocycles. The highest BCUT2D eigenvalue weighted by atomic mass is 79.9. The highest BCUT2D eigenvalue weighted by Gasteiger charge is 2.26. The van der Waals surface area contributed by atoms with Crippen molar-refractivity contribution in [3.63, 3.8) is 0 Å². The Morgan fingerprint density at radius 2 is 1.74 bits per heavy atom. The number of anilines is 1. The van der Waals surface area contributed by atoms with E-state index in [0.717, 1.165) is 14.3 Å². The molecule has 0 spiro atoms. The zero-order chi connectivity index (χ0) is 17.0. The Bertz CT molecular complexity index is 803. The monoisotopic (exact) mass is 397 g/mol. The van der Waals surface area contributed by atoms with E-state index in [1.807, 2.05) is 0 Å². The van der Waals surface area contributed by atoms with Gasteiger partial charge >= 0.3 is 5.97 Å². The zero-order valence-electron chi connectivity index (χ0n) is 12.4. The molecule has 2 aromatic carbocycles. The molecule has 0 bridgehead atoms. The van der Waals surface area contributed by atoms with E-state index in [1.165, 1.54) is 12.1 Å². The molecule has 2 rings (SSSR count). The van der Waals surface area contributed by atoms with E-state index >= 15 is 0 Å². The first-order valence-electron chi connectivity index (χ1n) is 6.88. The lowest BCUT2D eigenvalue weighted by Gasteiger charge is -2.25. The van der Waals surface area contributed by atoms with Gasteiger partial charge in [0.15, 0.2) is 0 Å². The van der Waals surface area contributed by atoms with Crippen LogP contribution in [0, 0.1) is 6.92 Å². The molecule has 0 aliphatic heterocycles. The SMILES string of the molecule is Cc1ccccc1N(CCC(=O)O)S(=O)(=O)c1ccc(Br)cc1. The Morgan fingerprint density at radius 3 is 2.30 bits per heavy atom. The van der Waals surface area contributed by atoms with E-state index in [1.54, 1.807) is 43.3 Å². The average molecular weight is 398 g/mol. The third-order valence-corrected chi connectivity index (χ3v) is 5.67. The molecule has 5 nitrogen and oxygen atoms in total. The molecule has 0 saturated carbocycles. The summed E-state index contributed by atoms with van der Waals surface area (Å²) >= 11 is 3.27. The molecule has 23 heavy (non-hydrogen) atoms. The Hall–Kier alpha value is -1.86. The van der Waals surface area contributed by atoms with Gasteiger partial charge in [0.1, 0.15) is 0 Å². The fourth-order valence-corrected chi connectivity index (χ4v) is 3.94. The lowest BCUT2D eigenvalue weighted by atomic mass is 10.2. The molecular weight excluding hydrogens is 382 g/mol. The van der Waals surface area contributed by atoms with Crippen LogP contribution in [0.4, 0.5) is 5.69 Å². The maximum atomic E-state index is 12.9. The number of aryl methyl sites for hydroxylation is 1. The van der Waals surface area contributed by atoms with E-state index in [9.17, 15) is 13.2 Å². The number of benzene rings is 2. The van der Waals surface area contributed by atoms with E-state index in [-0.39, 0.29) is 17.9 Å². The number of nitrogens with zero attached hydrogens (tertiary/aromatic N) is 1. The lowest BCUT2D eigenvalue weighted by molar-refractivity contribution is -0.136. The number of sulfonamides is 1. The number of aliphatic carboxylic acids is 1. The van der Waals surface area contributed by atoms with Crippen molar-refractivity contribution in [1.29, 1.82) is 0 Å². The van der Waals surface area contributed by atoms with Crippen molar-refractivity contribution in [2.24, 2.45) is 0 Å². The molecule has 0 heterocycles. The van der Waals surface area contributed by atoms with Crippen molar-refractivity contribution in [1.82, 2.24) is 0 Å². The van der Waals surface area contributed by atoms with Crippen LogP contribution in [0.5, 0.6) is 0 Å². The van der Waals surface area contributed by atoms with Gasteiger partial charge in [-0.25, -0.2) is 8.42 Å². The molecule has 0 radical (unpaired) electrons. The van der Waals surface area contributed by atoms with Crippen molar-refractivity contribution in [2.45, 2.75) is 18.2 Å². The minimum absolute atomic E-state index is 0.120. The first-order chi connectivity index (χ1) is 10.8. The molecule has 0 amide bonds. The zero-order valence-corrected chi connectivity index (χ0v) is 14.8. The molecule has 0 aliphatic rings. The molecular formula is C16H16BrNO4S. The van der Waals surface area contributed by atoms with Crippen LogP contribution in [0.3, 0.4) is 0 Å². The molecule has 7 heteroatoms. The Morgan fingerprint density at radius 1 is 1.13 bits per heavy atom. The smallest absolute Gasteiger partial charge is 0.305 e. The van der Waals surface area contributed by atoms with Gasteiger partial charge in [0.05, 0.1) is 17.0 Å². The number of hydrogen-bond acceptors (Lipinski definition) is 3. The normalized spacial score (nSPS) is 11.2. The van der Waals surface area contributed by atoms with Gasteiger partial charge in [-0.15, -0.1) is 0 Å². The van der Waals surface area contributed by atoms with Crippen LogP contribution in [0.25, 0.3) is 0 Å². The second kappa shape index (κ2) is 7.14. The number of rotatable bonds is 6. The van der Waals surface area contributed by atoms with Crippen molar-refractivity contribution in [2.75, 3.05) is 10.8 Å². The third kappa shape index (κ3) is 4.11. The summed E-state index contributed by atoms with van der Waals surface area (Å²) < 4.78 is 27.8. The fraction of sp³-hybridized carbons (Fsp3) is 0.188. The topological polar surface area (TPSA) is 74.7 Å². The maximum absolute atomic E-state index is 12.9. The fourth-order valence-electron chi connectivity index (χ4n) is 2.14. The van der Waals surface area contributed by atoms with E-state index < -0.39 is 16.0 Å². The summed E-state index contributed by atoms with van der Waals surface area (Å²) in [5, 5.41) is 8.92. The number of hydrogen-bond donors (Lipinski definition) is 1. The van der Waals surface area contributed by atoms with Gasteiger partial charge < -0.3 is 5.11 Å². The maximum Gasteiger partial charge on any atom is 0.305 e. The number of carboxylic acids is 1. The van der Waals surface area contributed by atoms with Gasteiger partial charge in [0, 0.05) is 11.0 Å². The van der Waals surface area contributed by atoms with Crippen LogP contribution in [-0.4, -0.2) is 26.0 Å². The number of carbonyl (C=O) groups is 1. The first kappa shape index (κ1) is 17.5. The van der Waals surface area contributed by atoms with Gasteiger partial charge in [-0.3, -0.25) is 9.10 Å². The van der Waals surface area contributed by atoms with Crippen LogP contribution in [-0.2, 0) is 14.8 Å². The van der Waals surface area contributed by atoms with Gasteiger partial charge in [-0.1, -0.05) is 34.1 Å². The molecule has 0 fully saturated rings. The highest BCUT2D eigenvalue weighted by molar-refractivity contribution is 9.10. The number of para-hydroxylation sites is 1. The average Bonchev–Trinajstić information content (AvgIpc) is 2.49. The Kier molecular flexibility index (Phi) is 5.43. The Balaban J connectivity index is 2.50. The van der Waals surface area contributed by atoms with Crippen molar-refractivity contribution in [3.8, 4) is 0 Å². The summed E-state index contributed by atoms with van der Waals surface area (Å²) in [6, 6.07) is 13.3. The Labute approximate surface area is 143 Å². The molecule has 1 N–H and O–H groups in total. The number of halogens is 1. The summed E-state index contributed by atoms with van der Waals surface area (Å²) in [6.45, 7) is 1.67. The van der Waals surface area contributed by atoms with E-state index in [0.29, 0.717) is 5.69 Å². The van der Waals surface area contributed by atoms with Gasteiger partial charge in [-0.2, -0.15) is 0 Å². The van der Waals surface area contributed by atoms with Crippen LogP contribution in [0.2, 0.25) is 0 Å². The second-order valence-corrected chi connectivity index (χ2v) is 7.74. The first-order valence-corrected chi connectivity index (χ1v) is 9.11. The van der Waals surface area contributed by atoms with Crippen LogP contribution in [0.15, 0.2) is 57.9 Å². The second-order valence-electron chi connectivity index (χ2n) is 4.96. The summed E-state index contributed by atoms with van der Waals surface area (Å²) in [4.78, 5) is 11.0. The molecule has 0 unspecified atom stereocenters. The van der Waals surface area contributed by atoms with E-state index in [4.69, 9.17) is 5.11 Å². The van der Waals surface area contributed by atoms with Crippen LogP contribution < -0.4 is 4.31 Å². The molecule has 0 aliphatic carbocycles. The van der Waals surface area contributed by atoms with Crippen molar-refractivity contribution < 1.29 is 18.3 Å². The number of carboxylic acid groups (broad SMARTS) is 1. The van der Waals surface area contributed by atoms with Gasteiger partial charge in [0.2, 0.25) is 0 Å². The molecule has 0 aromatic heterocycles. The van der Waals surface area contributed by atoms with Crippen LogP contribution in [0.1, 0.15) is 12.0 Å². The summed E-state index contributed by atoms with van der Waals surface area (Å²) in [5.74, 6) is -1.05. The molecule has 0 atom stereocenters. The summed E-state index contributed by atoms with van der Waals surface area (Å²) in [5.41, 5.74) is 1.25. The largest absolute Gasteiger partial charge is 0.481 e. The van der Waals surface area contributed by atoms with Gasteiger partial charge in [0.25, 0.3) is 10.0 Å². The quantitative estimate of drug-likeness (QED) is 0.809. The van der Waals surface area contributed by atoms with Crippen molar-refractivity contribution in [3.05, 3.63) is 58.6 Å². The van der Waals surface area contributed by atoms with E-state index in [2.05, 4.69) is 15.9 Å². The predicted octanol–water partition coefficient (Wildman–Crippen LogP) is 3.43. The van der Waals surface area contributed by atoms with Crippen molar-refractivity contribution >= 4 is 37.6 Å². The third-order valence-electron chi connectivity index (χ3n) is 3.31. The summed E-state index contributed by atoms with van der Waals surface area (Å²) in [6.07, 6.45) is -0.274. The molecule has 2 aromatic rings. The minimum Gasteiger partial charge on any atom is -0.481 e. The predicted molar refractivity (Wildman–Crippen MR) is 92.1 cm³/mol. The molecule has 122 valence electrons. The summed E-state index contributed by atoms with van der Waals surface area (Å²) in [7, 11) is -3.84. The standard InChI is InChI=1S/C16H16BrNO4S/c1-12-4-2-3-5-15(12)18(11-10-16(19)20)23(21,22)14-8-6-13(17)7-9-14/h2-9H,10-11H2,1H3,(H,19,20). The lowest BCUT2D eigenvalue weighted by Crippen LogP contribution is -2.33. The van der Waals surface area contributed by atoms with Gasteiger partial charge in [-0.05, 0) is 42.8 Å².